The maximum absolute atomic E-state index is 13.4. The van der Waals surface area contributed by atoms with Gasteiger partial charge >= 0.3 is 0 Å². The molecule has 0 aromatic rings. The van der Waals surface area contributed by atoms with Crippen LogP contribution in [0, 0.1) is 28.6 Å². The number of aliphatic hydroxyl groups is 3. The number of ketones is 2. The highest BCUT2D eigenvalue weighted by Crippen LogP contribution is 2.65. The number of rotatable bonds is 2. The number of fused-ring (bicyclic) bond motifs is 5. The molecule has 27 heavy (non-hydrogen) atoms. The zero-order chi connectivity index (χ0) is 19.8. The summed E-state index contributed by atoms with van der Waals surface area (Å²) in [6.45, 7) is 5.37. The lowest BCUT2D eigenvalue weighted by Crippen LogP contribution is -2.61. The smallest absolute Gasteiger partial charge is 0.178 e. The number of hydrogen-bond acceptors (Lipinski definition) is 5. The van der Waals surface area contributed by atoms with Gasteiger partial charge in [-0.25, -0.2) is 0 Å². The predicted octanol–water partition coefficient (Wildman–Crippen LogP) is 1.72. The van der Waals surface area contributed by atoms with Crippen LogP contribution in [0.5, 0.6) is 0 Å². The summed E-state index contributed by atoms with van der Waals surface area (Å²) in [7, 11) is 0. The molecule has 0 bridgehead atoms. The van der Waals surface area contributed by atoms with E-state index in [1.54, 1.807) is 12.2 Å². The van der Waals surface area contributed by atoms with Crippen molar-refractivity contribution in [1.29, 1.82) is 0 Å². The van der Waals surface area contributed by atoms with E-state index in [2.05, 4.69) is 6.08 Å². The molecule has 4 rings (SSSR count). The summed E-state index contributed by atoms with van der Waals surface area (Å²) in [6, 6.07) is 0. The highest BCUT2D eigenvalue weighted by atomic mass is 16.4. The molecule has 0 spiro atoms. The number of Topliss-reactive ketones (excluding diaryl/α,β-unsaturated/α-hetero) is 1. The minimum absolute atomic E-state index is 0.0331. The molecule has 4 aliphatic rings. The Bertz CT molecular complexity index is 808. The molecule has 0 heterocycles. The first kappa shape index (κ1) is 18.8. The molecule has 0 aliphatic heterocycles. The van der Waals surface area contributed by atoms with E-state index in [9.17, 15) is 24.9 Å². The summed E-state index contributed by atoms with van der Waals surface area (Å²) < 4.78 is 0. The van der Waals surface area contributed by atoms with Crippen molar-refractivity contribution in [2.24, 2.45) is 28.6 Å². The normalized spacial score (nSPS) is 47.0. The summed E-state index contributed by atoms with van der Waals surface area (Å²) in [5.74, 6) is -0.297. The van der Waals surface area contributed by atoms with Gasteiger partial charge in [-0.1, -0.05) is 31.6 Å². The van der Waals surface area contributed by atoms with Crippen molar-refractivity contribution >= 4 is 11.6 Å². The minimum Gasteiger partial charge on any atom is -0.394 e. The molecule has 4 aliphatic carbocycles. The number of allylic oxidation sites excluding steroid dienone is 6. The van der Waals surface area contributed by atoms with Gasteiger partial charge in [0.15, 0.2) is 5.78 Å². The molecule has 0 radical (unpaired) electrons. The van der Waals surface area contributed by atoms with E-state index in [4.69, 9.17) is 0 Å². The van der Waals surface area contributed by atoms with E-state index in [0.29, 0.717) is 12.8 Å². The van der Waals surface area contributed by atoms with Crippen LogP contribution in [0.3, 0.4) is 0 Å². The first-order chi connectivity index (χ1) is 12.6. The number of hydrogen-bond donors (Lipinski definition) is 3. The van der Waals surface area contributed by atoms with Crippen molar-refractivity contribution in [3.05, 3.63) is 35.5 Å². The maximum Gasteiger partial charge on any atom is 0.178 e. The lowest BCUT2D eigenvalue weighted by Gasteiger charge is -2.56. The molecular formula is C22H28O5. The Kier molecular flexibility index (Phi) is 3.98. The average molecular weight is 372 g/mol. The summed E-state index contributed by atoms with van der Waals surface area (Å²) in [5, 5.41) is 31.1. The summed E-state index contributed by atoms with van der Waals surface area (Å²) >= 11 is 0. The third-order valence-corrected chi connectivity index (χ3v) is 8.08. The van der Waals surface area contributed by atoms with Gasteiger partial charge < -0.3 is 15.3 Å². The zero-order valence-corrected chi connectivity index (χ0v) is 16.1. The van der Waals surface area contributed by atoms with Gasteiger partial charge in [0.1, 0.15) is 11.9 Å². The highest BCUT2D eigenvalue weighted by Gasteiger charge is 2.67. The molecule has 0 aromatic heterocycles. The molecule has 5 heteroatoms. The van der Waals surface area contributed by atoms with E-state index < -0.39 is 29.1 Å². The molecule has 2 fully saturated rings. The van der Waals surface area contributed by atoms with Crippen molar-refractivity contribution in [2.45, 2.75) is 51.7 Å². The van der Waals surface area contributed by atoms with E-state index >= 15 is 0 Å². The Morgan fingerprint density at radius 2 is 2.00 bits per heavy atom. The van der Waals surface area contributed by atoms with Crippen molar-refractivity contribution in [1.82, 2.24) is 0 Å². The number of carbonyl (C=O) groups is 2. The van der Waals surface area contributed by atoms with Crippen molar-refractivity contribution in [3.8, 4) is 0 Å². The molecule has 5 nitrogen and oxygen atoms in total. The van der Waals surface area contributed by atoms with Gasteiger partial charge in [0.25, 0.3) is 0 Å². The molecule has 0 saturated heterocycles. The Balaban J connectivity index is 1.84. The van der Waals surface area contributed by atoms with E-state index in [-0.39, 0.29) is 35.7 Å². The van der Waals surface area contributed by atoms with Crippen molar-refractivity contribution < 1.29 is 24.9 Å². The van der Waals surface area contributed by atoms with Crippen LogP contribution in [0.2, 0.25) is 0 Å². The van der Waals surface area contributed by atoms with Crippen LogP contribution in [0.4, 0.5) is 0 Å². The molecule has 1 unspecified atom stereocenters. The van der Waals surface area contributed by atoms with Gasteiger partial charge in [-0.3, -0.25) is 9.59 Å². The SMILES string of the molecule is CC1=C[C@@H]2[C@H](C(=O)C[C@@]3(C)[C@H]2CC[C@]3(O)C(O)CO)[C@@]2(C)C=CC(=O)C=C12. The van der Waals surface area contributed by atoms with Gasteiger partial charge in [-0.05, 0) is 49.3 Å². The fourth-order valence-electron chi connectivity index (χ4n) is 6.65. The van der Waals surface area contributed by atoms with Crippen LogP contribution < -0.4 is 0 Å². The second-order valence-electron chi connectivity index (χ2n) is 9.31. The van der Waals surface area contributed by atoms with Crippen LogP contribution in [0.15, 0.2) is 35.5 Å². The molecule has 146 valence electrons. The highest BCUT2D eigenvalue weighted by molar-refractivity contribution is 6.02. The predicted molar refractivity (Wildman–Crippen MR) is 99.6 cm³/mol. The van der Waals surface area contributed by atoms with E-state index in [1.165, 1.54) is 0 Å². The summed E-state index contributed by atoms with van der Waals surface area (Å²) in [6.07, 6.45) is 7.15. The fourth-order valence-corrected chi connectivity index (χ4v) is 6.65. The second-order valence-corrected chi connectivity index (χ2v) is 9.31. The minimum atomic E-state index is -1.47. The fraction of sp³-hybridized carbons (Fsp3) is 0.636. The Labute approximate surface area is 159 Å². The first-order valence-corrected chi connectivity index (χ1v) is 9.76. The van der Waals surface area contributed by atoms with Crippen LogP contribution in [0.25, 0.3) is 0 Å². The quantitative estimate of drug-likeness (QED) is 0.686. The Morgan fingerprint density at radius 3 is 2.67 bits per heavy atom. The number of carbonyl (C=O) groups excluding carboxylic acids is 2. The monoisotopic (exact) mass is 372 g/mol. The first-order valence-electron chi connectivity index (χ1n) is 9.76. The molecule has 0 aromatic carbocycles. The third-order valence-electron chi connectivity index (χ3n) is 8.08. The largest absolute Gasteiger partial charge is 0.394 e. The van der Waals surface area contributed by atoms with Gasteiger partial charge in [0.2, 0.25) is 0 Å². The average Bonchev–Trinajstić information content (AvgIpc) is 2.87. The second kappa shape index (κ2) is 5.72. The molecule has 3 N–H and O–H groups in total. The summed E-state index contributed by atoms with van der Waals surface area (Å²) in [4.78, 5) is 25.3. The Hall–Kier alpha value is -1.56. The van der Waals surface area contributed by atoms with Gasteiger partial charge in [-0.2, -0.15) is 0 Å². The molecule has 0 amide bonds. The maximum atomic E-state index is 13.4. The number of aliphatic hydroxyl groups excluding tert-OH is 2. The lowest BCUT2D eigenvalue weighted by atomic mass is 9.47. The van der Waals surface area contributed by atoms with E-state index in [1.807, 2.05) is 26.8 Å². The molecule has 7 atom stereocenters. The lowest BCUT2D eigenvalue weighted by molar-refractivity contribution is -0.181. The van der Waals surface area contributed by atoms with Gasteiger partial charge in [0.05, 0.1) is 12.2 Å². The molecule has 2 saturated carbocycles. The summed E-state index contributed by atoms with van der Waals surface area (Å²) in [5.41, 5.74) is -0.852. The molecular weight excluding hydrogens is 344 g/mol. The van der Waals surface area contributed by atoms with Crippen LogP contribution in [-0.4, -0.2) is 45.2 Å². The van der Waals surface area contributed by atoms with Crippen LogP contribution in [0.1, 0.15) is 40.0 Å². The van der Waals surface area contributed by atoms with Gasteiger partial charge in [-0.15, -0.1) is 0 Å². The van der Waals surface area contributed by atoms with Crippen molar-refractivity contribution in [2.75, 3.05) is 6.61 Å². The third kappa shape index (κ3) is 2.22. The zero-order valence-electron chi connectivity index (χ0n) is 16.1. The van der Waals surface area contributed by atoms with E-state index in [0.717, 1.165) is 11.1 Å². The standard InChI is InChI=1S/C22H28O5/c1-12-8-14-15-5-7-22(27,18(26)11-23)21(15,3)10-17(25)19(14)20(2)6-4-13(24)9-16(12)20/h4,6,8-9,14-15,18-19,23,26-27H,5,7,10-11H2,1-3H3/t14-,15-,18?,19+,20-,21-,22-/m0/s1. The van der Waals surface area contributed by atoms with Crippen LogP contribution in [-0.2, 0) is 9.59 Å². The van der Waals surface area contributed by atoms with Crippen LogP contribution >= 0.6 is 0 Å². The Morgan fingerprint density at radius 1 is 1.30 bits per heavy atom. The topological polar surface area (TPSA) is 94.8 Å². The van der Waals surface area contributed by atoms with Gasteiger partial charge in [0, 0.05) is 23.2 Å². The van der Waals surface area contributed by atoms with Crippen molar-refractivity contribution in [3.63, 3.8) is 0 Å².